The molecule has 0 unspecified atom stereocenters. The normalized spacial score (nSPS) is 12.5. The van der Waals surface area contributed by atoms with Crippen molar-refractivity contribution in [2.45, 2.75) is 5.41 Å². The van der Waals surface area contributed by atoms with Crippen molar-refractivity contribution in [3.05, 3.63) is 263 Å². The molecule has 0 saturated carbocycles. The minimum absolute atomic E-state index is 0.440. The molecule has 0 heterocycles. The van der Waals surface area contributed by atoms with Gasteiger partial charge < -0.3 is 0 Å². The molecule has 9 rings (SSSR count). The molecule has 0 radical (unpaired) electrons. The zero-order valence-corrected chi connectivity index (χ0v) is 28.3. The number of hydrogen-bond donors (Lipinski definition) is 0. The minimum Gasteiger partial charge on any atom is -0.0622 e. The molecule has 1 aliphatic carbocycles. The van der Waals surface area contributed by atoms with Crippen molar-refractivity contribution in [1.82, 2.24) is 0 Å². The Morgan fingerprint density at radius 3 is 1.18 bits per heavy atom. The summed E-state index contributed by atoms with van der Waals surface area (Å²) >= 11 is 0. The predicted octanol–water partition coefficient (Wildman–Crippen LogP) is 12.7. The Hall–Kier alpha value is -6.50. The van der Waals surface area contributed by atoms with Gasteiger partial charge in [0.15, 0.2) is 0 Å². The molecule has 8 aromatic rings. The van der Waals surface area contributed by atoms with Gasteiger partial charge in [-0.3, -0.25) is 0 Å². The van der Waals surface area contributed by atoms with Crippen molar-refractivity contribution in [1.29, 1.82) is 0 Å². The maximum absolute atomic E-state index is 2.42. The molecule has 0 saturated heterocycles. The summed E-state index contributed by atoms with van der Waals surface area (Å²) in [4.78, 5) is 0. The molecule has 240 valence electrons. The average molecular weight is 649 g/mol. The fraction of sp³-hybridized carbons (Fsp3) is 0.0196. The fourth-order valence-electron chi connectivity index (χ4n) is 8.22. The largest absolute Gasteiger partial charge is 0.0713 e. The quantitative estimate of drug-likeness (QED) is 0.151. The first-order valence-corrected chi connectivity index (χ1v) is 17.7. The van der Waals surface area contributed by atoms with Gasteiger partial charge in [-0.15, -0.1) is 0 Å². The molecule has 0 nitrogen and oxygen atoms in total. The maximum atomic E-state index is 2.42. The Balaban J connectivity index is 1.27. The van der Waals surface area contributed by atoms with Crippen LogP contribution in [0.2, 0.25) is 0 Å². The molecular formula is C51H36. The summed E-state index contributed by atoms with van der Waals surface area (Å²) in [5.41, 5.74) is 16.9. The van der Waals surface area contributed by atoms with Gasteiger partial charge >= 0.3 is 0 Å². The van der Waals surface area contributed by atoms with Crippen LogP contribution in [0.5, 0.6) is 0 Å². The molecule has 0 amide bonds. The predicted molar refractivity (Wildman–Crippen MR) is 214 cm³/mol. The summed E-state index contributed by atoms with van der Waals surface area (Å²) in [5, 5.41) is 0. The van der Waals surface area contributed by atoms with Crippen molar-refractivity contribution in [2.24, 2.45) is 0 Å². The first-order valence-electron chi connectivity index (χ1n) is 17.7. The van der Waals surface area contributed by atoms with Gasteiger partial charge in [0.05, 0.1) is 5.41 Å². The second-order valence-electron chi connectivity index (χ2n) is 13.2. The van der Waals surface area contributed by atoms with E-state index < -0.39 is 5.41 Å². The molecule has 0 bridgehead atoms. The van der Waals surface area contributed by atoms with E-state index in [9.17, 15) is 0 Å². The molecular weight excluding hydrogens is 613 g/mol. The van der Waals surface area contributed by atoms with Gasteiger partial charge in [-0.1, -0.05) is 206 Å². The average Bonchev–Trinajstić information content (AvgIpc) is 3.52. The van der Waals surface area contributed by atoms with Crippen LogP contribution < -0.4 is 0 Å². The zero-order valence-electron chi connectivity index (χ0n) is 28.3. The number of benzene rings is 8. The Morgan fingerprint density at radius 2 is 0.647 bits per heavy atom. The van der Waals surface area contributed by atoms with Crippen LogP contribution in [0.4, 0.5) is 0 Å². The van der Waals surface area contributed by atoms with Gasteiger partial charge in [0.25, 0.3) is 0 Å². The van der Waals surface area contributed by atoms with Crippen molar-refractivity contribution < 1.29 is 0 Å². The second-order valence-corrected chi connectivity index (χ2v) is 13.2. The first kappa shape index (κ1) is 30.6. The summed E-state index contributed by atoms with van der Waals surface area (Å²) < 4.78 is 0. The third kappa shape index (κ3) is 5.25. The van der Waals surface area contributed by atoms with Gasteiger partial charge in [-0.05, 0) is 90.0 Å². The summed E-state index contributed by atoms with van der Waals surface area (Å²) in [6.45, 7) is 0. The molecule has 0 heteroatoms. The fourth-order valence-corrected chi connectivity index (χ4v) is 8.22. The Kier molecular flexibility index (Phi) is 7.84. The topological polar surface area (TPSA) is 0 Å². The lowest BCUT2D eigenvalue weighted by molar-refractivity contribution is 0.769. The van der Waals surface area contributed by atoms with Crippen LogP contribution >= 0.6 is 0 Å². The lowest BCUT2D eigenvalue weighted by atomic mass is 9.67. The Morgan fingerprint density at radius 1 is 0.275 bits per heavy atom. The highest BCUT2D eigenvalue weighted by atomic mass is 14.5. The lowest BCUT2D eigenvalue weighted by Gasteiger charge is -2.34. The van der Waals surface area contributed by atoms with E-state index in [1.165, 1.54) is 77.9 Å². The lowest BCUT2D eigenvalue weighted by Crippen LogP contribution is -2.28. The highest BCUT2D eigenvalue weighted by molar-refractivity contribution is 6.05. The van der Waals surface area contributed by atoms with Crippen molar-refractivity contribution >= 4 is 11.1 Å². The van der Waals surface area contributed by atoms with Crippen LogP contribution in [0.3, 0.4) is 0 Å². The molecule has 0 aromatic heterocycles. The van der Waals surface area contributed by atoms with E-state index in [1.54, 1.807) is 0 Å². The maximum Gasteiger partial charge on any atom is 0.0713 e. The summed E-state index contributed by atoms with van der Waals surface area (Å²) in [7, 11) is 0. The smallest absolute Gasteiger partial charge is 0.0622 e. The van der Waals surface area contributed by atoms with E-state index in [-0.39, 0.29) is 0 Å². The van der Waals surface area contributed by atoms with E-state index in [0.717, 1.165) is 0 Å². The van der Waals surface area contributed by atoms with Crippen molar-refractivity contribution in [3.8, 4) is 22.3 Å². The number of hydrogen-bond acceptors (Lipinski definition) is 0. The van der Waals surface area contributed by atoms with Crippen LogP contribution in [0.25, 0.3) is 33.4 Å². The highest BCUT2D eigenvalue weighted by Gasteiger charge is 2.45. The van der Waals surface area contributed by atoms with Crippen molar-refractivity contribution in [2.75, 3.05) is 0 Å². The Bertz CT molecular complexity index is 2400. The molecule has 8 aromatic carbocycles. The van der Waals surface area contributed by atoms with Crippen molar-refractivity contribution in [3.63, 3.8) is 0 Å². The summed E-state index contributed by atoms with van der Waals surface area (Å²) in [6.07, 6.45) is 0. The first-order chi connectivity index (χ1) is 25.3. The zero-order chi connectivity index (χ0) is 34.0. The van der Waals surface area contributed by atoms with Gasteiger partial charge in [0.2, 0.25) is 0 Å². The summed E-state index contributed by atoms with van der Waals surface area (Å²) in [5.74, 6) is 0. The van der Waals surface area contributed by atoms with E-state index in [1.807, 2.05) is 0 Å². The van der Waals surface area contributed by atoms with Crippen LogP contribution in [0, 0.1) is 0 Å². The van der Waals surface area contributed by atoms with Gasteiger partial charge in [0.1, 0.15) is 0 Å². The van der Waals surface area contributed by atoms with Crippen LogP contribution in [0.1, 0.15) is 44.5 Å². The van der Waals surface area contributed by atoms with Gasteiger partial charge in [-0.2, -0.15) is 0 Å². The van der Waals surface area contributed by atoms with Crippen LogP contribution in [-0.4, -0.2) is 0 Å². The van der Waals surface area contributed by atoms with Crippen LogP contribution in [0.15, 0.2) is 218 Å². The minimum atomic E-state index is -0.440. The molecule has 0 N–H and O–H groups in total. The van der Waals surface area contributed by atoms with Crippen LogP contribution in [-0.2, 0) is 5.41 Å². The standard InChI is InChI=1S/C51H36/c1-5-19-37(20-6-1)49(38-21-7-2-8-22-38)50(39-23-9-3-10-24-39)42-27-17-25-40(35-42)41-26-18-30-44(36-41)51(43-28-11-4-12-29-43)47-33-15-13-31-45(47)46-32-14-16-34-48(46)51/h1-36H. The molecule has 0 spiro atoms. The molecule has 1 aliphatic rings. The molecule has 51 heavy (non-hydrogen) atoms. The number of fused-ring (bicyclic) bond motifs is 3. The number of rotatable bonds is 7. The van der Waals surface area contributed by atoms with Gasteiger partial charge in [0, 0.05) is 0 Å². The molecule has 0 atom stereocenters. The van der Waals surface area contributed by atoms with Gasteiger partial charge in [-0.25, -0.2) is 0 Å². The third-order valence-electron chi connectivity index (χ3n) is 10.4. The van der Waals surface area contributed by atoms with E-state index in [0.29, 0.717) is 0 Å². The SMILES string of the molecule is c1ccc(C(=C(c2ccccc2)c2cccc(-c3cccc(C4(c5ccccc5)c5ccccc5-c5ccccc54)c3)c2)c2ccccc2)cc1. The van der Waals surface area contributed by atoms with E-state index >= 15 is 0 Å². The van der Waals surface area contributed by atoms with E-state index in [2.05, 4.69) is 218 Å². The summed E-state index contributed by atoms with van der Waals surface area (Å²) in [6, 6.07) is 79.7. The van der Waals surface area contributed by atoms with E-state index in [4.69, 9.17) is 0 Å². The second kappa shape index (κ2) is 13.1. The highest BCUT2D eigenvalue weighted by Crippen LogP contribution is 2.56. The molecule has 0 aliphatic heterocycles. The Labute approximate surface area is 300 Å². The third-order valence-corrected chi connectivity index (χ3v) is 10.4. The molecule has 0 fully saturated rings. The monoisotopic (exact) mass is 648 g/mol.